The summed E-state index contributed by atoms with van der Waals surface area (Å²) in [5, 5.41) is 2.85. The molecule has 1 aliphatic heterocycles. The van der Waals surface area contributed by atoms with Crippen molar-refractivity contribution in [2.75, 3.05) is 6.79 Å². The van der Waals surface area contributed by atoms with Gasteiger partial charge in [0.25, 0.3) is 5.91 Å². The summed E-state index contributed by atoms with van der Waals surface area (Å²) < 4.78 is 21.7. The van der Waals surface area contributed by atoms with Crippen LogP contribution in [0.3, 0.4) is 0 Å². The first kappa shape index (κ1) is 15.3. The van der Waals surface area contributed by atoms with E-state index in [9.17, 15) is 4.79 Å². The minimum absolute atomic E-state index is 0.225. The topological polar surface area (TPSA) is 69.9 Å². The second-order valence-corrected chi connectivity index (χ2v) is 6.27. The highest BCUT2D eigenvalue weighted by Gasteiger charge is 2.18. The Morgan fingerprint density at radius 3 is 2.74 bits per heavy atom. The monoisotopic (exact) mass is 317 g/mol. The largest absolute Gasteiger partial charge is 0.486 e. The molecule has 0 bridgehead atoms. The minimum Gasteiger partial charge on any atom is -0.486 e. The molecule has 122 valence electrons. The third kappa shape index (κ3) is 3.77. The molecular formula is C17H19NO5. The van der Waals surface area contributed by atoms with Crippen molar-refractivity contribution in [3.05, 3.63) is 41.9 Å². The van der Waals surface area contributed by atoms with Crippen molar-refractivity contribution < 1.29 is 23.4 Å². The van der Waals surface area contributed by atoms with Crippen LogP contribution in [0.2, 0.25) is 0 Å². The van der Waals surface area contributed by atoms with Crippen molar-refractivity contribution in [1.82, 2.24) is 5.32 Å². The van der Waals surface area contributed by atoms with Crippen LogP contribution in [0.4, 0.5) is 0 Å². The first-order chi connectivity index (χ1) is 10.9. The average Bonchev–Trinajstić information content (AvgIpc) is 3.12. The zero-order valence-electron chi connectivity index (χ0n) is 13.3. The quantitative estimate of drug-likeness (QED) is 0.938. The molecule has 0 aliphatic carbocycles. The lowest BCUT2D eigenvalue weighted by atomic mass is 10.1. The number of amides is 1. The standard InChI is InChI=1S/C17H19NO5/c1-17(2,3)18-16(19)14-7-5-12(23-14)9-20-11-4-6-13-15(8-11)22-10-21-13/h4-8H,9-10H2,1-3H3,(H,18,19). The van der Waals surface area contributed by atoms with E-state index in [1.54, 1.807) is 30.3 Å². The second kappa shape index (κ2) is 5.87. The van der Waals surface area contributed by atoms with Crippen LogP contribution in [0.25, 0.3) is 0 Å². The van der Waals surface area contributed by atoms with E-state index in [-0.39, 0.29) is 30.6 Å². The Balaban J connectivity index is 1.60. The fraction of sp³-hybridized carbons (Fsp3) is 0.353. The van der Waals surface area contributed by atoms with Gasteiger partial charge in [-0.15, -0.1) is 0 Å². The second-order valence-electron chi connectivity index (χ2n) is 6.27. The maximum atomic E-state index is 12.0. The number of ether oxygens (including phenoxy) is 3. The van der Waals surface area contributed by atoms with E-state index < -0.39 is 0 Å². The smallest absolute Gasteiger partial charge is 0.287 e. The van der Waals surface area contributed by atoms with E-state index in [2.05, 4.69) is 5.32 Å². The van der Waals surface area contributed by atoms with Gasteiger partial charge in [-0.3, -0.25) is 4.79 Å². The first-order valence-corrected chi connectivity index (χ1v) is 7.34. The van der Waals surface area contributed by atoms with Crippen LogP contribution in [0.1, 0.15) is 37.1 Å². The van der Waals surface area contributed by atoms with Gasteiger partial charge in [-0.25, -0.2) is 0 Å². The number of nitrogens with one attached hydrogen (secondary N) is 1. The lowest BCUT2D eigenvalue weighted by Crippen LogP contribution is -2.40. The number of hydrogen-bond acceptors (Lipinski definition) is 5. The van der Waals surface area contributed by atoms with Crippen LogP contribution in [0.5, 0.6) is 17.2 Å². The van der Waals surface area contributed by atoms with E-state index in [1.807, 2.05) is 20.8 Å². The molecule has 1 aromatic heterocycles. The Kier molecular flexibility index (Phi) is 3.90. The van der Waals surface area contributed by atoms with Crippen molar-refractivity contribution in [3.63, 3.8) is 0 Å². The van der Waals surface area contributed by atoms with Crippen LogP contribution in [0.15, 0.2) is 34.7 Å². The molecule has 1 amide bonds. The van der Waals surface area contributed by atoms with Crippen molar-refractivity contribution in [2.24, 2.45) is 0 Å². The fourth-order valence-electron chi connectivity index (χ4n) is 2.10. The van der Waals surface area contributed by atoms with Gasteiger partial charge in [-0.05, 0) is 45.0 Å². The Labute approximate surface area is 134 Å². The van der Waals surface area contributed by atoms with Crippen LogP contribution < -0.4 is 19.5 Å². The summed E-state index contributed by atoms with van der Waals surface area (Å²) in [6.07, 6.45) is 0. The number of benzene rings is 1. The van der Waals surface area contributed by atoms with E-state index in [4.69, 9.17) is 18.6 Å². The molecule has 1 aliphatic rings. The predicted molar refractivity (Wildman–Crippen MR) is 82.8 cm³/mol. The number of hydrogen-bond donors (Lipinski definition) is 1. The Morgan fingerprint density at radius 1 is 1.17 bits per heavy atom. The maximum Gasteiger partial charge on any atom is 0.287 e. The minimum atomic E-state index is -0.312. The zero-order chi connectivity index (χ0) is 16.4. The highest BCUT2D eigenvalue weighted by Crippen LogP contribution is 2.35. The van der Waals surface area contributed by atoms with E-state index in [0.717, 1.165) is 0 Å². The number of carbonyl (C=O) groups is 1. The molecule has 1 N–H and O–H groups in total. The van der Waals surface area contributed by atoms with Gasteiger partial charge in [0.2, 0.25) is 6.79 Å². The van der Waals surface area contributed by atoms with Crippen LogP contribution >= 0.6 is 0 Å². The van der Waals surface area contributed by atoms with Crippen molar-refractivity contribution in [1.29, 1.82) is 0 Å². The summed E-state index contributed by atoms with van der Waals surface area (Å²) in [5.74, 6) is 2.60. The van der Waals surface area contributed by atoms with Gasteiger partial charge in [0.1, 0.15) is 18.1 Å². The molecular weight excluding hydrogens is 298 g/mol. The SMILES string of the molecule is CC(C)(C)NC(=O)c1ccc(COc2ccc3c(c2)OCO3)o1. The average molecular weight is 317 g/mol. The predicted octanol–water partition coefficient (Wildman–Crippen LogP) is 3.12. The van der Waals surface area contributed by atoms with Gasteiger partial charge in [-0.2, -0.15) is 0 Å². The third-order valence-corrected chi connectivity index (χ3v) is 3.10. The molecule has 0 spiro atoms. The lowest BCUT2D eigenvalue weighted by molar-refractivity contribution is 0.0887. The van der Waals surface area contributed by atoms with Crippen LogP contribution in [0, 0.1) is 0 Å². The van der Waals surface area contributed by atoms with Gasteiger partial charge in [0, 0.05) is 11.6 Å². The highest BCUT2D eigenvalue weighted by molar-refractivity contribution is 5.91. The molecule has 0 saturated carbocycles. The fourth-order valence-corrected chi connectivity index (χ4v) is 2.10. The molecule has 2 aromatic rings. The highest BCUT2D eigenvalue weighted by atomic mass is 16.7. The summed E-state index contributed by atoms with van der Waals surface area (Å²) >= 11 is 0. The molecule has 0 saturated heterocycles. The molecule has 0 radical (unpaired) electrons. The van der Waals surface area contributed by atoms with Crippen molar-refractivity contribution >= 4 is 5.91 Å². The molecule has 6 heteroatoms. The zero-order valence-corrected chi connectivity index (χ0v) is 13.3. The third-order valence-electron chi connectivity index (χ3n) is 3.10. The van der Waals surface area contributed by atoms with E-state index in [1.165, 1.54) is 0 Å². The van der Waals surface area contributed by atoms with Crippen molar-refractivity contribution in [2.45, 2.75) is 32.9 Å². The molecule has 23 heavy (non-hydrogen) atoms. The van der Waals surface area contributed by atoms with E-state index >= 15 is 0 Å². The molecule has 1 aromatic carbocycles. The van der Waals surface area contributed by atoms with Crippen molar-refractivity contribution in [3.8, 4) is 17.2 Å². The molecule has 3 rings (SSSR count). The molecule has 0 unspecified atom stereocenters. The van der Waals surface area contributed by atoms with Crippen LogP contribution in [-0.4, -0.2) is 18.2 Å². The Bertz CT molecular complexity index is 714. The van der Waals surface area contributed by atoms with Crippen LogP contribution in [-0.2, 0) is 6.61 Å². The molecule has 0 atom stereocenters. The van der Waals surface area contributed by atoms with E-state index in [0.29, 0.717) is 23.0 Å². The van der Waals surface area contributed by atoms with Gasteiger partial charge in [-0.1, -0.05) is 0 Å². The maximum absolute atomic E-state index is 12.0. The van der Waals surface area contributed by atoms with Gasteiger partial charge < -0.3 is 23.9 Å². The molecule has 6 nitrogen and oxygen atoms in total. The Hall–Kier alpha value is -2.63. The number of rotatable bonds is 4. The number of furan rings is 1. The summed E-state index contributed by atoms with van der Waals surface area (Å²) in [7, 11) is 0. The first-order valence-electron chi connectivity index (χ1n) is 7.34. The summed E-state index contributed by atoms with van der Waals surface area (Å²) in [6.45, 7) is 6.19. The summed E-state index contributed by atoms with van der Waals surface area (Å²) in [4.78, 5) is 12.0. The van der Waals surface area contributed by atoms with Gasteiger partial charge >= 0.3 is 0 Å². The van der Waals surface area contributed by atoms with Gasteiger partial charge in [0.05, 0.1) is 0 Å². The number of carbonyl (C=O) groups excluding carboxylic acids is 1. The molecule has 0 fully saturated rings. The summed E-state index contributed by atoms with van der Waals surface area (Å²) in [5.41, 5.74) is -0.312. The Morgan fingerprint density at radius 2 is 1.96 bits per heavy atom. The summed E-state index contributed by atoms with van der Waals surface area (Å²) in [6, 6.07) is 8.72. The normalized spacial score (nSPS) is 13.0. The molecule has 2 heterocycles. The number of fused-ring (bicyclic) bond motifs is 1. The lowest BCUT2D eigenvalue weighted by Gasteiger charge is -2.19. The van der Waals surface area contributed by atoms with Gasteiger partial charge in [0.15, 0.2) is 17.3 Å².